The van der Waals surface area contributed by atoms with Crippen molar-refractivity contribution in [1.82, 2.24) is 15.1 Å². The van der Waals surface area contributed by atoms with Crippen LogP contribution in [0.1, 0.15) is 24.0 Å². The van der Waals surface area contributed by atoms with Gasteiger partial charge in [0.1, 0.15) is 0 Å². The minimum Gasteiger partial charge on any atom is -0.314 e. The molecular formula is C17H22ClN3. The van der Waals surface area contributed by atoms with Crippen LogP contribution in [0.15, 0.2) is 36.7 Å². The normalized spacial score (nSPS) is 16.1. The number of hydrogen-bond donors (Lipinski definition) is 1. The van der Waals surface area contributed by atoms with Crippen molar-refractivity contribution in [3.8, 4) is 0 Å². The average molecular weight is 304 g/mol. The second-order valence-corrected chi connectivity index (χ2v) is 6.54. The van der Waals surface area contributed by atoms with Crippen LogP contribution in [0.25, 0.3) is 0 Å². The third kappa shape index (κ3) is 4.58. The summed E-state index contributed by atoms with van der Waals surface area (Å²) in [5.74, 6) is 0.593. The van der Waals surface area contributed by atoms with Gasteiger partial charge in [-0.25, -0.2) is 0 Å². The van der Waals surface area contributed by atoms with Gasteiger partial charge in [-0.15, -0.1) is 0 Å². The van der Waals surface area contributed by atoms with Gasteiger partial charge < -0.3 is 5.32 Å². The molecule has 2 aromatic rings. The van der Waals surface area contributed by atoms with Crippen LogP contribution in [0.2, 0.25) is 5.02 Å². The van der Waals surface area contributed by atoms with Crippen LogP contribution in [0.3, 0.4) is 0 Å². The second-order valence-electron chi connectivity index (χ2n) is 6.11. The molecule has 1 N–H and O–H groups in total. The first-order valence-electron chi connectivity index (χ1n) is 7.64. The highest BCUT2D eigenvalue weighted by molar-refractivity contribution is 6.30. The molecule has 0 aliphatic heterocycles. The Hall–Kier alpha value is -1.32. The largest absolute Gasteiger partial charge is 0.314 e. The van der Waals surface area contributed by atoms with E-state index in [1.165, 1.54) is 24.0 Å². The first kappa shape index (κ1) is 14.6. The lowest BCUT2D eigenvalue weighted by Crippen LogP contribution is -2.27. The molecule has 1 aromatic carbocycles. The Morgan fingerprint density at radius 1 is 1.24 bits per heavy atom. The van der Waals surface area contributed by atoms with E-state index in [1.807, 2.05) is 30.1 Å². The van der Waals surface area contributed by atoms with Crippen LogP contribution < -0.4 is 5.32 Å². The van der Waals surface area contributed by atoms with E-state index in [1.54, 1.807) is 0 Å². The summed E-state index contributed by atoms with van der Waals surface area (Å²) >= 11 is 5.97. The molecule has 0 spiro atoms. The lowest BCUT2D eigenvalue weighted by molar-refractivity contribution is 0.469. The molecule has 3 nitrogen and oxygen atoms in total. The van der Waals surface area contributed by atoms with Crippen LogP contribution in [0.4, 0.5) is 0 Å². The molecule has 1 fully saturated rings. The van der Waals surface area contributed by atoms with E-state index < -0.39 is 0 Å². The summed E-state index contributed by atoms with van der Waals surface area (Å²) in [6.45, 7) is 1.07. The zero-order valence-electron chi connectivity index (χ0n) is 12.4. The average Bonchev–Trinajstić information content (AvgIpc) is 3.21. The van der Waals surface area contributed by atoms with E-state index in [4.69, 9.17) is 11.6 Å². The van der Waals surface area contributed by atoms with Crippen LogP contribution in [-0.4, -0.2) is 22.4 Å². The highest BCUT2D eigenvalue weighted by Crippen LogP contribution is 2.21. The van der Waals surface area contributed by atoms with E-state index in [0.29, 0.717) is 5.92 Å². The summed E-state index contributed by atoms with van der Waals surface area (Å²) in [7, 11) is 1.97. The maximum Gasteiger partial charge on any atom is 0.0521 e. The van der Waals surface area contributed by atoms with Crippen molar-refractivity contribution < 1.29 is 0 Å². The number of nitrogens with zero attached hydrogens (tertiary/aromatic N) is 2. The number of aryl methyl sites for hydroxylation is 1. The predicted molar refractivity (Wildman–Crippen MR) is 86.6 cm³/mol. The molecule has 4 heteroatoms. The smallest absolute Gasteiger partial charge is 0.0521 e. The standard InChI is InChI=1S/C17H22ClN3/c1-21-12-15(11-20-21)9-14(10-19-17-6-7-17)8-13-2-4-16(18)5-3-13/h2-5,11-12,14,17,19H,6-10H2,1H3. The van der Waals surface area contributed by atoms with Gasteiger partial charge in [-0.2, -0.15) is 5.10 Å². The fraction of sp³-hybridized carbons (Fsp3) is 0.471. The third-order valence-electron chi connectivity index (χ3n) is 3.99. The van der Waals surface area contributed by atoms with Gasteiger partial charge in [-0.1, -0.05) is 23.7 Å². The fourth-order valence-electron chi connectivity index (χ4n) is 2.70. The van der Waals surface area contributed by atoms with E-state index >= 15 is 0 Å². The molecule has 21 heavy (non-hydrogen) atoms. The molecule has 1 unspecified atom stereocenters. The third-order valence-corrected chi connectivity index (χ3v) is 4.24. The molecule has 0 amide bonds. The van der Waals surface area contributed by atoms with Gasteiger partial charge in [-0.3, -0.25) is 4.68 Å². The fourth-order valence-corrected chi connectivity index (χ4v) is 2.83. The van der Waals surface area contributed by atoms with Crippen LogP contribution in [0.5, 0.6) is 0 Å². The molecule has 1 saturated carbocycles. The summed E-state index contributed by atoms with van der Waals surface area (Å²) in [4.78, 5) is 0. The lowest BCUT2D eigenvalue weighted by atomic mass is 9.93. The van der Waals surface area contributed by atoms with Crippen molar-refractivity contribution in [2.75, 3.05) is 6.54 Å². The molecule has 1 aromatic heterocycles. The zero-order valence-corrected chi connectivity index (χ0v) is 13.2. The molecule has 1 aliphatic carbocycles. The van der Waals surface area contributed by atoms with Crippen molar-refractivity contribution in [3.05, 3.63) is 52.8 Å². The Morgan fingerprint density at radius 2 is 1.95 bits per heavy atom. The molecule has 112 valence electrons. The van der Waals surface area contributed by atoms with E-state index in [2.05, 4.69) is 28.7 Å². The Kier molecular flexibility index (Phi) is 4.61. The number of hydrogen-bond acceptors (Lipinski definition) is 2. The van der Waals surface area contributed by atoms with Crippen molar-refractivity contribution in [3.63, 3.8) is 0 Å². The van der Waals surface area contributed by atoms with E-state index in [0.717, 1.165) is 30.5 Å². The lowest BCUT2D eigenvalue weighted by Gasteiger charge is -2.17. The van der Waals surface area contributed by atoms with Gasteiger partial charge in [0.15, 0.2) is 0 Å². The van der Waals surface area contributed by atoms with Crippen LogP contribution in [0, 0.1) is 5.92 Å². The first-order chi connectivity index (χ1) is 10.2. The van der Waals surface area contributed by atoms with Gasteiger partial charge >= 0.3 is 0 Å². The molecule has 3 rings (SSSR count). The van der Waals surface area contributed by atoms with Gasteiger partial charge in [0.25, 0.3) is 0 Å². The predicted octanol–water partition coefficient (Wildman–Crippen LogP) is 3.23. The molecular weight excluding hydrogens is 282 g/mol. The summed E-state index contributed by atoms with van der Waals surface area (Å²) in [6.07, 6.45) is 8.90. The van der Waals surface area contributed by atoms with E-state index in [9.17, 15) is 0 Å². The molecule has 1 aliphatic rings. The quantitative estimate of drug-likeness (QED) is 0.851. The van der Waals surface area contributed by atoms with Crippen molar-refractivity contribution in [2.24, 2.45) is 13.0 Å². The van der Waals surface area contributed by atoms with Gasteiger partial charge in [-0.05, 0) is 61.4 Å². The minimum absolute atomic E-state index is 0.593. The summed E-state index contributed by atoms with van der Waals surface area (Å²) in [6, 6.07) is 8.98. The monoisotopic (exact) mass is 303 g/mol. The van der Waals surface area contributed by atoms with Crippen molar-refractivity contribution in [1.29, 1.82) is 0 Å². The Balaban J connectivity index is 1.63. The second kappa shape index (κ2) is 6.63. The number of aromatic nitrogens is 2. The Labute approximate surface area is 131 Å². The molecule has 0 bridgehead atoms. The van der Waals surface area contributed by atoms with Crippen molar-refractivity contribution >= 4 is 11.6 Å². The summed E-state index contributed by atoms with van der Waals surface area (Å²) in [5.41, 5.74) is 2.67. The highest BCUT2D eigenvalue weighted by atomic mass is 35.5. The zero-order chi connectivity index (χ0) is 14.7. The SMILES string of the molecule is Cn1cc(CC(CNC2CC2)Cc2ccc(Cl)cc2)cn1. The maximum atomic E-state index is 5.97. The first-order valence-corrected chi connectivity index (χ1v) is 8.02. The number of rotatable bonds is 7. The number of benzene rings is 1. The van der Waals surface area contributed by atoms with Gasteiger partial charge in [0, 0.05) is 24.3 Å². The molecule has 0 saturated heterocycles. The topological polar surface area (TPSA) is 29.9 Å². The maximum absolute atomic E-state index is 5.97. The Bertz CT molecular complexity index is 572. The van der Waals surface area contributed by atoms with Crippen LogP contribution in [-0.2, 0) is 19.9 Å². The minimum atomic E-state index is 0.593. The number of halogens is 1. The molecule has 1 atom stereocenters. The highest BCUT2D eigenvalue weighted by Gasteiger charge is 2.22. The summed E-state index contributed by atoms with van der Waals surface area (Å²) in [5, 5.41) is 8.74. The van der Waals surface area contributed by atoms with E-state index in [-0.39, 0.29) is 0 Å². The Morgan fingerprint density at radius 3 is 2.57 bits per heavy atom. The van der Waals surface area contributed by atoms with Gasteiger partial charge in [0.2, 0.25) is 0 Å². The van der Waals surface area contributed by atoms with Crippen molar-refractivity contribution in [2.45, 2.75) is 31.7 Å². The molecule has 0 radical (unpaired) electrons. The summed E-state index contributed by atoms with van der Waals surface area (Å²) < 4.78 is 1.88. The van der Waals surface area contributed by atoms with Gasteiger partial charge in [0.05, 0.1) is 6.20 Å². The number of nitrogens with one attached hydrogen (secondary N) is 1. The van der Waals surface area contributed by atoms with Crippen LogP contribution >= 0.6 is 11.6 Å². The molecule has 1 heterocycles.